The molecule has 0 bridgehead atoms. The maximum Gasteiger partial charge on any atom is 0.310 e. The number of esters is 3. The van der Waals surface area contributed by atoms with Crippen molar-refractivity contribution in [2.45, 2.75) is 65.6 Å². The fraction of sp³-hybridized carbons (Fsp3) is 0.667. The van der Waals surface area contributed by atoms with E-state index in [9.17, 15) is 24.0 Å². The van der Waals surface area contributed by atoms with E-state index in [-0.39, 0.29) is 24.5 Å². The van der Waals surface area contributed by atoms with Crippen LogP contribution >= 0.6 is 0 Å². The number of cyclic esters (lactones) is 1. The normalized spacial score (nSPS) is 39.3. The van der Waals surface area contributed by atoms with E-state index >= 15 is 0 Å². The molecule has 1 aliphatic heterocycles. The number of carbonyl (C=O) groups is 5. The van der Waals surface area contributed by atoms with Crippen LogP contribution in [-0.4, -0.2) is 53.8 Å². The molecule has 7 atom stereocenters. The predicted molar refractivity (Wildman–Crippen MR) is 113 cm³/mol. The Bertz CT molecular complexity index is 1050. The van der Waals surface area contributed by atoms with Crippen molar-refractivity contribution in [2.75, 3.05) is 7.11 Å². The molecule has 2 saturated carbocycles. The van der Waals surface area contributed by atoms with E-state index in [1.165, 1.54) is 26.5 Å². The van der Waals surface area contributed by atoms with Crippen molar-refractivity contribution in [2.24, 2.45) is 28.1 Å². The van der Waals surface area contributed by atoms with Crippen LogP contribution in [0.2, 0.25) is 0 Å². The van der Waals surface area contributed by atoms with Gasteiger partial charge in [0.05, 0.1) is 25.1 Å². The van der Waals surface area contributed by atoms with Gasteiger partial charge in [0, 0.05) is 18.8 Å². The molecule has 34 heavy (non-hydrogen) atoms. The average Bonchev–Trinajstić information content (AvgIpc) is 3.31. The van der Waals surface area contributed by atoms with Crippen LogP contribution in [0.4, 0.5) is 0 Å². The quantitative estimate of drug-likeness (QED) is 0.362. The molecule has 0 radical (unpaired) electrons. The lowest BCUT2D eigenvalue weighted by atomic mass is 9.36. The molecule has 4 rings (SSSR count). The van der Waals surface area contributed by atoms with Gasteiger partial charge in [0.25, 0.3) is 11.7 Å². The highest BCUT2D eigenvalue weighted by Crippen LogP contribution is 2.70. The third-order valence-electron chi connectivity index (χ3n) is 8.89. The number of oxazole rings is 1. The van der Waals surface area contributed by atoms with Crippen molar-refractivity contribution in [3.05, 3.63) is 18.4 Å². The minimum Gasteiger partial charge on any atom is -0.469 e. The SMILES string of the molecule is COC(=O)[C@@H]1C[C@H](OC(C)=O)C(=O)[C@@]2(C)[C@@]1(C)CC[C@H]1C(=O)O[C@H](C(=O)c3ncco3)C[C@@]12C. The predicted octanol–water partition coefficient (Wildman–Crippen LogP) is 2.30. The number of methoxy groups -OCH3 is 1. The molecule has 1 aromatic rings. The summed E-state index contributed by atoms with van der Waals surface area (Å²) in [6.07, 6.45) is 0.979. The van der Waals surface area contributed by atoms with Crippen molar-refractivity contribution >= 4 is 29.5 Å². The number of fused-ring (bicyclic) bond motifs is 3. The molecule has 3 fully saturated rings. The van der Waals surface area contributed by atoms with E-state index in [0.29, 0.717) is 12.8 Å². The molecule has 3 aliphatic rings. The monoisotopic (exact) mass is 475 g/mol. The van der Waals surface area contributed by atoms with Crippen LogP contribution in [0, 0.1) is 28.1 Å². The van der Waals surface area contributed by atoms with Crippen LogP contribution < -0.4 is 0 Å². The zero-order valence-electron chi connectivity index (χ0n) is 19.9. The highest BCUT2D eigenvalue weighted by Gasteiger charge is 2.74. The van der Waals surface area contributed by atoms with E-state index < -0.39 is 64.0 Å². The van der Waals surface area contributed by atoms with Gasteiger partial charge in [-0.15, -0.1) is 0 Å². The zero-order valence-corrected chi connectivity index (χ0v) is 19.9. The smallest absolute Gasteiger partial charge is 0.310 e. The first-order valence-electron chi connectivity index (χ1n) is 11.3. The van der Waals surface area contributed by atoms with Gasteiger partial charge in [-0.05, 0) is 30.1 Å². The number of ketones is 2. The lowest BCUT2D eigenvalue weighted by Crippen LogP contribution is -2.71. The minimum absolute atomic E-state index is 0.00104. The molecule has 1 saturated heterocycles. The third kappa shape index (κ3) is 3.14. The number of hydrogen-bond acceptors (Lipinski definition) is 10. The molecular formula is C24H29NO9. The fourth-order valence-corrected chi connectivity index (χ4v) is 6.81. The van der Waals surface area contributed by atoms with Crippen LogP contribution in [0.3, 0.4) is 0 Å². The van der Waals surface area contributed by atoms with Gasteiger partial charge in [-0.1, -0.05) is 20.8 Å². The average molecular weight is 475 g/mol. The summed E-state index contributed by atoms with van der Waals surface area (Å²) in [5, 5.41) is 0. The molecular weight excluding hydrogens is 446 g/mol. The van der Waals surface area contributed by atoms with Gasteiger partial charge in [0.2, 0.25) is 0 Å². The molecule has 0 amide bonds. The van der Waals surface area contributed by atoms with Crippen LogP contribution in [0.1, 0.15) is 64.1 Å². The molecule has 2 aliphatic carbocycles. The molecule has 2 heterocycles. The third-order valence-corrected chi connectivity index (χ3v) is 8.89. The molecule has 1 aromatic heterocycles. The maximum atomic E-state index is 14.1. The molecule has 184 valence electrons. The second-order valence-corrected chi connectivity index (χ2v) is 10.2. The van der Waals surface area contributed by atoms with Crippen LogP contribution in [0.15, 0.2) is 16.9 Å². The summed E-state index contributed by atoms with van der Waals surface area (Å²) in [6.45, 7) is 6.56. The number of rotatable bonds is 4. The van der Waals surface area contributed by atoms with E-state index in [2.05, 4.69) is 4.98 Å². The van der Waals surface area contributed by atoms with Crippen molar-refractivity contribution < 1.29 is 42.6 Å². The first-order chi connectivity index (χ1) is 15.9. The maximum absolute atomic E-state index is 14.1. The molecule has 10 nitrogen and oxygen atoms in total. The van der Waals surface area contributed by atoms with Gasteiger partial charge >= 0.3 is 17.9 Å². The van der Waals surface area contributed by atoms with Crippen LogP contribution in [-0.2, 0) is 33.4 Å². The Morgan fingerprint density at radius 1 is 1.15 bits per heavy atom. The summed E-state index contributed by atoms with van der Waals surface area (Å²) >= 11 is 0. The van der Waals surface area contributed by atoms with Gasteiger partial charge in [-0.2, -0.15) is 0 Å². The van der Waals surface area contributed by atoms with Gasteiger partial charge in [0.1, 0.15) is 6.26 Å². The highest BCUT2D eigenvalue weighted by molar-refractivity contribution is 5.99. The topological polar surface area (TPSA) is 139 Å². The number of aromatic nitrogens is 1. The molecule has 0 spiro atoms. The first-order valence-corrected chi connectivity index (χ1v) is 11.3. The Balaban J connectivity index is 1.84. The van der Waals surface area contributed by atoms with Gasteiger partial charge in [-0.3, -0.25) is 24.0 Å². The summed E-state index contributed by atoms with van der Waals surface area (Å²) < 4.78 is 21.1. The van der Waals surface area contributed by atoms with E-state index in [4.69, 9.17) is 18.6 Å². The number of Topliss-reactive ketones (excluding diaryl/α,β-unsaturated/α-hetero) is 2. The van der Waals surface area contributed by atoms with E-state index in [1.54, 1.807) is 13.8 Å². The zero-order chi connectivity index (χ0) is 25.1. The second kappa shape index (κ2) is 8.02. The largest absolute Gasteiger partial charge is 0.469 e. The second-order valence-electron chi connectivity index (χ2n) is 10.2. The first kappa shape index (κ1) is 24.1. The summed E-state index contributed by atoms with van der Waals surface area (Å²) in [4.78, 5) is 68.8. The van der Waals surface area contributed by atoms with Crippen LogP contribution in [0.25, 0.3) is 0 Å². The summed E-state index contributed by atoms with van der Waals surface area (Å²) in [5.74, 6) is -4.33. The summed E-state index contributed by atoms with van der Waals surface area (Å²) in [5.41, 5.74) is -3.30. The lowest BCUT2D eigenvalue weighted by molar-refractivity contribution is -0.232. The Labute approximate surface area is 196 Å². The standard InChI is InChI=1S/C24H29NO9/c1-12(26)33-15-10-14(20(29)31-5)22(2)7-6-13-21(30)34-16(17(27)19-25-8-9-32-19)11-23(13,3)24(22,4)18(15)28/h8-9,13-16H,6-7,10-11H2,1-5H3/t13-,14-,15-,16-,22-,23-,24-/m0/s1. The Kier molecular flexibility index (Phi) is 5.69. The summed E-state index contributed by atoms with van der Waals surface area (Å²) in [6, 6.07) is 0. The van der Waals surface area contributed by atoms with Crippen molar-refractivity contribution in [1.82, 2.24) is 4.98 Å². The minimum atomic E-state index is -1.31. The van der Waals surface area contributed by atoms with E-state index in [0.717, 1.165) is 0 Å². The highest BCUT2D eigenvalue weighted by atomic mass is 16.6. The van der Waals surface area contributed by atoms with Gasteiger partial charge < -0.3 is 18.6 Å². The van der Waals surface area contributed by atoms with Crippen LogP contribution in [0.5, 0.6) is 0 Å². The molecule has 10 heteroatoms. The van der Waals surface area contributed by atoms with Crippen molar-refractivity contribution in [1.29, 1.82) is 0 Å². The summed E-state index contributed by atoms with van der Waals surface area (Å²) in [7, 11) is 1.27. The molecule has 0 unspecified atom stereocenters. The lowest BCUT2D eigenvalue weighted by Gasteiger charge is -2.66. The van der Waals surface area contributed by atoms with E-state index in [1.807, 2.05) is 6.92 Å². The number of ether oxygens (including phenoxy) is 3. The Morgan fingerprint density at radius 2 is 1.85 bits per heavy atom. The molecule has 0 aromatic carbocycles. The van der Waals surface area contributed by atoms with Crippen molar-refractivity contribution in [3.8, 4) is 0 Å². The number of nitrogens with zero attached hydrogens (tertiary/aromatic N) is 1. The van der Waals surface area contributed by atoms with Crippen molar-refractivity contribution in [3.63, 3.8) is 0 Å². The molecule has 0 N–H and O–H groups in total. The number of hydrogen-bond donors (Lipinski definition) is 0. The Morgan fingerprint density at radius 3 is 2.44 bits per heavy atom. The van der Waals surface area contributed by atoms with Gasteiger partial charge in [-0.25, -0.2) is 4.98 Å². The number of carbonyl (C=O) groups excluding carboxylic acids is 5. The fourth-order valence-electron chi connectivity index (χ4n) is 6.81. The Hall–Kier alpha value is -3.04. The van der Waals surface area contributed by atoms with Gasteiger partial charge in [0.15, 0.2) is 18.0 Å².